The number of carbonyl (C=O) groups is 3. The second kappa shape index (κ2) is 8.44. The molecule has 0 aromatic heterocycles. The van der Waals surface area contributed by atoms with Crippen molar-refractivity contribution in [3.05, 3.63) is 29.8 Å². The van der Waals surface area contributed by atoms with E-state index in [0.717, 1.165) is 19.4 Å². The maximum absolute atomic E-state index is 12.1. The Bertz CT molecular complexity index is 600. The van der Waals surface area contributed by atoms with Crippen molar-refractivity contribution in [2.45, 2.75) is 19.8 Å². The fourth-order valence-electron chi connectivity index (χ4n) is 2.77. The number of amides is 2. The molecule has 0 saturated carbocycles. The van der Waals surface area contributed by atoms with Crippen LogP contribution in [0.1, 0.15) is 30.1 Å². The largest absolute Gasteiger partial charge is 0.466 e. The number of likely N-dealkylation sites (tertiary alicyclic amines) is 1. The zero-order chi connectivity index (χ0) is 17.5. The number of hydrogen-bond acceptors (Lipinski definition) is 5. The Balaban J connectivity index is 1.85. The first-order chi connectivity index (χ1) is 11.5. The molecule has 3 N–H and O–H groups in total. The van der Waals surface area contributed by atoms with Gasteiger partial charge in [-0.2, -0.15) is 0 Å². The first-order valence-electron chi connectivity index (χ1n) is 8.08. The molecule has 1 unspecified atom stereocenters. The van der Waals surface area contributed by atoms with Gasteiger partial charge in [0.2, 0.25) is 11.8 Å². The second-order valence-electron chi connectivity index (χ2n) is 5.82. The zero-order valence-electron chi connectivity index (χ0n) is 13.8. The molecule has 0 aliphatic carbocycles. The number of nitrogens with zero attached hydrogens (tertiary/aromatic N) is 1. The second-order valence-corrected chi connectivity index (χ2v) is 5.82. The lowest BCUT2D eigenvalue weighted by molar-refractivity contribution is -0.150. The summed E-state index contributed by atoms with van der Waals surface area (Å²) < 4.78 is 5.06. The summed E-state index contributed by atoms with van der Waals surface area (Å²) >= 11 is 0. The number of esters is 1. The number of carbonyl (C=O) groups excluding carboxylic acids is 3. The lowest BCUT2D eigenvalue weighted by Crippen LogP contribution is -2.43. The Labute approximate surface area is 141 Å². The van der Waals surface area contributed by atoms with Crippen molar-refractivity contribution < 1.29 is 19.1 Å². The molecule has 1 atom stereocenters. The summed E-state index contributed by atoms with van der Waals surface area (Å²) in [4.78, 5) is 36.9. The number of benzene rings is 1. The molecule has 0 spiro atoms. The van der Waals surface area contributed by atoms with E-state index < -0.39 is 5.91 Å². The fourth-order valence-corrected chi connectivity index (χ4v) is 2.77. The monoisotopic (exact) mass is 333 g/mol. The Hall–Kier alpha value is -2.41. The highest BCUT2D eigenvalue weighted by Crippen LogP contribution is 2.18. The molecule has 1 fully saturated rings. The Kier molecular flexibility index (Phi) is 6.31. The van der Waals surface area contributed by atoms with E-state index in [0.29, 0.717) is 24.4 Å². The Morgan fingerprint density at radius 2 is 2.00 bits per heavy atom. The van der Waals surface area contributed by atoms with Gasteiger partial charge in [0, 0.05) is 17.8 Å². The molecule has 130 valence electrons. The molecule has 2 amide bonds. The van der Waals surface area contributed by atoms with Gasteiger partial charge in [-0.1, -0.05) is 0 Å². The van der Waals surface area contributed by atoms with Crippen LogP contribution >= 0.6 is 0 Å². The van der Waals surface area contributed by atoms with Gasteiger partial charge in [0.1, 0.15) is 0 Å². The van der Waals surface area contributed by atoms with Crippen LogP contribution in [0.25, 0.3) is 0 Å². The summed E-state index contributed by atoms with van der Waals surface area (Å²) in [6, 6.07) is 6.40. The van der Waals surface area contributed by atoms with Gasteiger partial charge in [-0.3, -0.25) is 19.3 Å². The molecule has 1 aliphatic rings. The van der Waals surface area contributed by atoms with Crippen LogP contribution in [0.2, 0.25) is 0 Å². The molecular formula is C17H23N3O4. The first kappa shape index (κ1) is 17.9. The van der Waals surface area contributed by atoms with E-state index in [1.54, 1.807) is 31.2 Å². The van der Waals surface area contributed by atoms with Crippen molar-refractivity contribution >= 4 is 23.5 Å². The number of nitrogens with one attached hydrogen (secondary N) is 1. The molecule has 1 aromatic rings. The van der Waals surface area contributed by atoms with Crippen molar-refractivity contribution in [3.63, 3.8) is 0 Å². The highest BCUT2D eigenvalue weighted by molar-refractivity contribution is 5.95. The van der Waals surface area contributed by atoms with E-state index in [1.165, 1.54) is 0 Å². The summed E-state index contributed by atoms with van der Waals surface area (Å²) in [7, 11) is 0. The van der Waals surface area contributed by atoms with Crippen molar-refractivity contribution in [1.82, 2.24) is 4.90 Å². The smallest absolute Gasteiger partial charge is 0.310 e. The van der Waals surface area contributed by atoms with Crippen LogP contribution in [0.4, 0.5) is 5.69 Å². The summed E-state index contributed by atoms with van der Waals surface area (Å²) in [5.74, 6) is -1.02. The SMILES string of the molecule is CCOC(=O)C1CCCN(CC(=O)Nc2ccc(C(N)=O)cc2)C1. The quantitative estimate of drug-likeness (QED) is 0.756. The number of rotatable bonds is 6. The van der Waals surface area contributed by atoms with Gasteiger partial charge in [-0.15, -0.1) is 0 Å². The molecule has 7 heteroatoms. The van der Waals surface area contributed by atoms with E-state index >= 15 is 0 Å². The van der Waals surface area contributed by atoms with Crippen molar-refractivity contribution in [2.75, 3.05) is 31.6 Å². The molecule has 2 rings (SSSR count). The molecule has 0 bridgehead atoms. The third-order valence-corrected chi connectivity index (χ3v) is 3.95. The van der Waals surface area contributed by atoms with Crippen LogP contribution in [-0.4, -0.2) is 48.9 Å². The maximum Gasteiger partial charge on any atom is 0.310 e. The van der Waals surface area contributed by atoms with Gasteiger partial charge in [-0.05, 0) is 50.6 Å². The molecule has 0 radical (unpaired) electrons. The number of piperidine rings is 1. The van der Waals surface area contributed by atoms with E-state index in [-0.39, 0.29) is 24.3 Å². The van der Waals surface area contributed by atoms with Crippen LogP contribution in [0, 0.1) is 5.92 Å². The molecule has 1 aromatic carbocycles. The standard InChI is InChI=1S/C17H23N3O4/c1-2-24-17(23)13-4-3-9-20(10-13)11-15(21)19-14-7-5-12(6-8-14)16(18)22/h5-8,13H,2-4,9-11H2,1H3,(H2,18,22)(H,19,21). The lowest BCUT2D eigenvalue weighted by atomic mass is 9.98. The summed E-state index contributed by atoms with van der Waals surface area (Å²) in [5, 5.41) is 2.78. The molecule has 1 aliphatic heterocycles. The third-order valence-electron chi connectivity index (χ3n) is 3.95. The predicted octanol–water partition coefficient (Wildman–Crippen LogP) is 0.999. The van der Waals surface area contributed by atoms with Crippen molar-refractivity contribution in [3.8, 4) is 0 Å². The average molecular weight is 333 g/mol. The van der Waals surface area contributed by atoms with E-state index in [9.17, 15) is 14.4 Å². The van der Waals surface area contributed by atoms with Gasteiger partial charge < -0.3 is 15.8 Å². The van der Waals surface area contributed by atoms with E-state index in [2.05, 4.69) is 5.32 Å². The van der Waals surface area contributed by atoms with Crippen LogP contribution in [0.3, 0.4) is 0 Å². The number of primary amides is 1. The summed E-state index contributed by atoms with van der Waals surface area (Å²) in [5.41, 5.74) is 6.17. The number of anilines is 1. The summed E-state index contributed by atoms with van der Waals surface area (Å²) in [6.07, 6.45) is 1.66. The summed E-state index contributed by atoms with van der Waals surface area (Å²) in [6.45, 7) is 3.69. The van der Waals surface area contributed by atoms with Gasteiger partial charge in [0.25, 0.3) is 0 Å². The van der Waals surface area contributed by atoms with Crippen molar-refractivity contribution in [2.24, 2.45) is 11.7 Å². The van der Waals surface area contributed by atoms with Gasteiger partial charge in [0.05, 0.1) is 19.1 Å². The minimum absolute atomic E-state index is 0.161. The minimum atomic E-state index is -0.508. The van der Waals surface area contributed by atoms with Gasteiger partial charge in [0.15, 0.2) is 0 Å². The number of nitrogens with two attached hydrogens (primary N) is 1. The maximum atomic E-state index is 12.1. The molecule has 7 nitrogen and oxygen atoms in total. The van der Waals surface area contributed by atoms with Crippen LogP contribution in [0.15, 0.2) is 24.3 Å². The predicted molar refractivity (Wildman–Crippen MR) is 89.4 cm³/mol. The number of ether oxygens (including phenoxy) is 1. The third kappa shape index (κ3) is 5.06. The molecule has 1 heterocycles. The number of hydrogen-bond donors (Lipinski definition) is 2. The zero-order valence-corrected chi connectivity index (χ0v) is 13.8. The molecule has 24 heavy (non-hydrogen) atoms. The first-order valence-corrected chi connectivity index (χ1v) is 8.08. The average Bonchev–Trinajstić information content (AvgIpc) is 2.55. The highest BCUT2D eigenvalue weighted by atomic mass is 16.5. The van der Waals surface area contributed by atoms with Gasteiger partial charge in [-0.25, -0.2) is 0 Å². The Morgan fingerprint density at radius 1 is 1.29 bits per heavy atom. The highest BCUT2D eigenvalue weighted by Gasteiger charge is 2.27. The van der Waals surface area contributed by atoms with Gasteiger partial charge >= 0.3 is 5.97 Å². The van der Waals surface area contributed by atoms with Crippen LogP contribution in [-0.2, 0) is 14.3 Å². The van der Waals surface area contributed by atoms with Crippen LogP contribution in [0.5, 0.6) is 0 Å². The Morgan fingerprint density at radius 3 is 2.62 bits per heavy atom. The topological polar surface area (TPSA) is 102 Å². The lowest BCUT2D eigenvalue weighted by Gasteiger charge is -2.30. The normalized spacial score (nSPS) is 18.0. The van der Waals surface area contributed by atoms with Crippen molar-refractivity contribution in [1.29, 1.82) is 0 Å². The van der Waals surface area contributed by atoms with E-state index in [4.69, 9.17) is 10.5 Å². The molecule has 1 saturated heterocycles. The van der Waals surface area contributed by atoms with Crippen LogP contribution < -0.4 is 11.1 Å². The molecular weight excluding hydrogens is 310 g/mol. The van der Waals surface area contributed by atoms with E-state index in [1.807, 2.05) is 4.90 Å². The minimum Gasteiger partial charge on any atom is -0.466 e. The fraction of sp³-hybridized carbons (Fsp3) is 0.471.